The molecule has 24 heavy (non-hydrogen) atoms. The van der Waals surface area contributed by atoms with Crippen molar-refractivity contribution >= 4 is 5.91 Å². The van der Waals surface area contributed by atoms with Crippen molar-refractivity contribution < 1.29 is 9.53 Å². The Morgan fingerprint density at radius 2 is 2.08 bits per heavy atom. The van der Waals surface area contributed by atoms with Gasteiger partial charge in [-0.05, 0) is 37.4 Å². The van der Waals surface area contributed by atoms with Crippen LogP contribution in [0, 0.1) is 5.92 Å². The van der Waals surface area contributed by atoms with Gasteiger partial charge in [0.15, 0.2) is 0 Å². The number of benzene rings is 1. The molecule has 2 unspecified atom stereocenters. The predicted molar refractivity (Wildman–Crippen MR) is 94.8 cm³/mol. The van der Waals surface area contributed by atoms with Gasteiger partial charge in [0.05, 0.1) is 12.6 Å². The van der Waals surface area contributed by atoms with Crippen molar-refractivity contribution in [1.82, 2.24) is 15.5 Å². The Labute approximate surface area is 144 Å². The maximum absolute atomic E-state index is 12.4. The molecule has 2 aliphatic rings. The average molecular weight is 331 g/mol. The van der Waals surface area contributed by atoms with E-state index in [1.165, 1.54) is 18.4 Å². The van der Waals surface area contributed by atoms with Crippen LogP contribution < -0.4 is 10.6 Å². The number of carbonyl (C=O) groups excluding carboxylic acids is 1. The van der Waals surface area contributed by atoms with Crippen molar-refractivity contribution in [2.75, 3.05) is 39.3 Å². The summed E-state index contributed by atoms with van der Waals surface area (Å²) in [6.07, 6.45) is 2.09. The monoisotopic (exact) mass is 331 g/mol. The van der Waals surface area contributed by atoms with Gasteiger partial charge < -0.3 is 15.4 Å². The summed E-state index contributed by atoms with van der Waals surface area (Å²) in [7, 11) is 0. The summed E-state index contributed by atoms with van der Waals surface area (Å²) in [4.78, 5) is 14.9. The second-order valence-corrected chi connectivity index (χ2v) is 6.95. The van der Waals surface area contributed by atoms with Gasteiger partial charge in [0.1, 0.15) is 6.10 Å². The molecule has 0 aliphatic carbocycles. The summed E-state index contributed by atoms with van der Waals surface area (Å²) >= 11 is 0. The van der Waals surface area contributed by atoms with Gasteiger partial charge in [-0.2, -0.15) is 0 Å². The smallest absolute Gasteiger partial charge is 0.250 e. The van der Waals surface area contributed by atoms with E-state index in [4.69, 9.17) is 4.74 Å². The van der Waals surface area contributed by atoms with Gasteiger partial charge >= 0.3 is 0 Å². The Balaban J connectivity index is 1.62. The van der Waals surface area contributed by atoms with E-state index in [-0.39, 0.29) is 18.1 Å². The van der Waals surface area contributed by atoms with Crippen LogP contribution in [-0.4, -0.2) is 56.2 Å². The molecule has 132 valence electrons. The van der Waals surface area contributed by atoms with Crippen LogP contribution in [0.2, 0.25) is 0 Å². The van der Waals surface area contributed by atoms with Gasteiger partial charge in [-0.1, -0.05) is 37.3 Å². The summed E-state index contributed by atoms with van der Waals surface area (Å²) in [5.74, 6) is 0.794. The summed E-state index contributed by atoms with van der Waals surface area (Å²) < 4.78 is 5.55. The van der Waals surface area contributed by atoms with Gasteiger partial charge in [0.2, 0.25) is 0 Å². The van der Waals surface area contributed by atoms with E-state index in [0.717, 1.165) is 25.6 Å². The van der Waals surface area contributed by atoms with Crippen molar-refractivity contribution in [3.05, 3.63) is 35.9 Å². The van der Waals surface area contributed by atoms with Gasteiger partial charge in [-0.15, -0.1) is 0 Å². The minimum Gasteiger partial charge on any atom is -0.366 e. The lowest BCUT2D eigenvalue weighted by atomic mass is 9.95. The van der Waals surface area contributed by atoms with Gasteiger partial charge in [0.25, 0.3) is 5.91 Å². The molecule has 2 fully saturated rings. The fraction of sp³-hybridized carbons (Fsp3) is 0.632. The van der Waals surface area contributed by atoms with Crippen LogP contribution in [0.1, 0.15) is 31.4 Å². The molecule has 0 aromatic heterocycles. The normalized spacial score (nSPS) is 24.5. The van der Waals surface area contributed by atoms with Gasteiger partial charge in [0, 0.05) is 19.6 Å². The molecule has 2 N–H and O–H groups in total. The first-order chi connectivity index (χ1) is 11.7. The van der Waals surface area contributed by atoms with Crippen molar-refractivity contribution in [3.8, 4) is 0 Å². The standard InChI is InChI=1S/C19H29N3O2/c1-15-7-10-22(11-8-15)17(16-5-3-2-4-6-16)13-21-19(23)18-14-20-9-12-24-18/h2-6,15,17-18,20H,7-14H2,1H3,(H,21,23). The Morgan fingerprint density at radius 3 is 2.75 bits per heavy atom. The second kappa shape index (κ2) is 8.60. The molecular formula is C19H29N3O2. The molecule has 1 aromatic carbocycles. The van der Waals surface area contributed by atoms with E-state index in [1.54, 1.807) is 0 Å². The van der Waals surface area contributed by atoms with Crippen LogP contribution in [0.15, 0.2) is 30.3 Å². The van der Waals surface area contributed by atoms with Crippen LogP contribution in [-0.2, 0) is 9.53 Å². The number of amides is 1. The predicted octanol–water partition coefficient (Wildman–Crippen LogP) is 1.56. The maximum Gasteiger partial charge on any atom is 0.250 e. The average Bonchev–Trinajstić information content (AvgIpc) is 2.65. The lowest BCUT2D eigenvalue weighted by Gasteiger charge is -2.37. The molecule has 0 spiro atoms. The van der Waals surface area contributed by atoms with Gasteiger partial charge in [-0.3, -0.25) is 9.69 Å². The Hall–Kier alpha value is -1.43. The first-order valence-electron chi connectivity index (χ1n) is 9.13. The van der Waals surface area contributed by atoms with E-state index in [1.807, 2.05) is 6.07 Å². The Morgan fingerprint density at radius 1 is 1.33 bits per heavy atom. The number of carbonyl (C=O) groups is 1. The second-order valence-electron chi connectivity index (χ2n) is 6.95. The molecule has 2 atom stereocenters. The number of morpholine rings is 1. The van der Waals surface area contributed by atoms with E-state index >= 15 is 0 Å². The summed E-state index contributed by atoms with van der Waals surface area (Å²) in [5.41, 5.74) is 1.27. The maximum atomic E-state index is 12.4. The van der Waals surface area contributed by atoms with E-state index < -0.39 is 0 Å². The van der Waals surface area contributed by atoms with Gasteiger partial charge in [-0.25, -0.2) is 0 Å². The highest BCUT2D eigenvalue weighted by Gasteiger charge is 2.27. The topological polar surface area (TPSA) is 53.6 Å². The minimum absolute atomic E-state index is 0.00601. The van der Waals surface area contributed by atoms with E-state index in [0.29, 0.717) is 19.7 Å². The number of likely N-dealkylation sites (tertiary alicyclic amines) is 1. The molecule has 2 heterocycles. The molecule has 2 aliphatic heterocycles. The van der Waals surface area contributed by atoms with Crippen LogP contribution in [0.25, 0.3) is 0 Å². The molecule has 0 radical (unpaired) electrons. The number of piperidine rings is 1. The van der Waals surface area contributed by atoms with Crippen LogP contribution in [0.3, 0.4) is 0 Å². The molecule has 1 amide bonds. The third-order valence-electron chi connectivity index (χ3n) is 5.13. The molecule has 2 saturated heterocycles. The lowest BCUT2D eigenvalue weighted by molar-refractivity contribution is -0.134. The highest BCUT2D eigenvalue weighted by atomic mass is 16.5. The third kappa shape index (κ3) is 4.56. The SMILES string of the molecule is CC1CCN(C(CNC(=O)C2CNCCO2)c2ccccc2)CC1. The number of hydrogen-bond acceptors (Lipinski definition) is 4. The Bertz CT molecular complexity index is 509. The molecule has 5 nitrogen and oxygen atoms in total. The highest BCUT2D eigenvalue weighted by Crippen LogP contribution is 2.26. The molecular weight excluding hydrogens is 302 g/mol. The van der Waals surface area contributed by atoms with Crippen molar-refractivity contribution in [2.45, 2.75) is 31.9 Å². The summed E-state index contributed by atoms with van der Waals surface area (Å²) in [6, 6.07) is 10.7. The Kier molecular flexibility index (Phi) is 6.24. The fourth-order valence-corrected chi connectivity index (χ4v) is 3.52. The molecule has 0 saturated carbocycles. The van der Waals surface area contributed by atoms with Crippen molar-refractivity contribution in [1.29, 1.82) is 0 Å². The summed E-state index contributed by atoms with van der Waals surface area (Å²) in [5, 5.41) is 6.32. The largest absolute Gasteiger partial charge is 0.366 e. The van der Waals surface area contributed by atoms with Crippen molar-refractivity contribution in [3.63, 3.8) is 0 Å². The number of ether oxygens (including phenoxy) is 1. The molecule has 1 aromatic rings. The first-order valence-corrected chi connectivity index (χ1v) is 9.13. The van der Waals surface area contributed by atoms with Crippen LogP contribution in [0.4, 0.5) is 0 Å². The zero-order valence-electron chi connectivity index (χ0n) is 14.5. The quantitative estimate of drug-likeness (QED) is 0.860. The highest BCUT2D eigenvalue weighted by molar-refractivity contribution is 5.81. The number of nitrogens with one attached hydrogen (secondary N) is 2. The number of rotatable bonds is 5. The molecule has 5 heteroatoms. The lowest BCUT2D eigenvalue weighted by Crippen LogP contribution is -2.50. The molecule has 0 bridgehead atoms. The van der Waals surface area contributed by atoms with Crippen LogP contribution >= 0.6 is 0 Å². The third-order valence-corrected chi connectivity index (χ3v) is 5.13. The zero-order valence-corrected chi connectivity index (χ0v) is 14.5. The van der Waals surface area contributed by atoms with Crippen molar-refractivity contribution in [2.24, 2.45) is 5.92 Å². The number of nitrogens with zero attached hydrogens (tertiary/aromatic N) is 1. The van der Waals surface area contributed by atoms with E-state index in [9.17, 15) is 4.79 Å². The van der Waals surface area contributed by atoms with Crippen LogP contribution in [0.5, 0.6) is 0 Å². The minimum atomic E-state index is -0.364. The zero-order chi connectivity index (χ0) is 16.8. The number of hydrogen-bond donors (Lipinski definition) is 2. The summed E-state index contributed by atoms with van der Waals surface area (Å²) in [6.45, 7) is 7.17. The van der Waals surface area contributed by atoms with E-state index in [2.05, 4.69) is 46.7 Å². The first kappa shape index (κ1) is 17.4. The molecule has 3 rings (SSSR count). The fourth-order valence-electron chi connectivity index (χ4n) is 3.52.